The fourth-order valence-corrected chi connectivity index (χ4v) is 4.23. The normalized spacial score (nSPS) is 20.1. The number of hydrogen-bond donors (Lipinski definition) is 3. The summed E-state index contributed by atoms with van der Waals surface area (Å²) in [7, 11) is 0. The van der Waals surface area contributed by atoms with Crippen molar-refractivity contribution in [3.05, 3.63) is 32.9 Å². The van der Waals surface area contributed by atoms with Gasteiger partial charge in [0.1, 0.15) is 0 Å². The van der Waals surface area contributed by atoms with Gasteiger partial charge < -0.3 is 19.9 Å². The largest absolute Gasteiger partial charge is 0.479 e. The Morgan fingerprint density at radius 2 is 2.12 bits per heavy atom. The molecular formula is C17H18BrNO5. The number of aliphatic carboxylic acids is 1. The second-order valence-corrected chi connectivity index (χ2v) is 6.90. The van der Waals surface area contributed by atoms with Gasteiger partial charge in [0.2, 0.25) is 5.60 Å². The maximum Gasteiger partial charge on any atom is 0.342 e. The van der Waals surface area contributed by atoms with Crippen LogP contribution in [0.2, 0.25) is 0 Å². The molecule has 0 radical (unpaired) electrons. The summed E-state index contributed by atoms with van der Waals surface area (Å²) in [6.45, 7) is 3.95. The zero-order valence-electron chi connectivity index (χ0n) is 13.4. The van der Waals surface area contributed by atoms with E-state index >= 15 is 0 Å². The minimum atomic E-state index is -1.41. The van der Waals surface area contributed by atoms with Crippen LogP contribution in [0, 0.1) is 6.92 Å². The highest BCUT2D eigenvalue weighted by atomic mass is 79.9. The number of benzene rings is 1. The summed E-state index contributed by atoms with van der Waals surface area (Å²) in [5.74, 6) is -2.04. The van der Waals surface area contributed by atoms with Crippen LogP contribution in [0.1, 0.15) is 46.9 Å². The Morgan fingerprint density at radius 1 is 1.42 bits per heavy atom. The Morgan fingerprint density at radius 3 is 2.71 bits per heavy atom. The number of carboxylic acids is 2. The lowest BCUT2D eigenvalue weighted by Crippen LogP contribution is -2.43. The third kappa shape index (κ3) is 2.26. The van der Waals surface area contributed by atoms with Gasteiger partial charge in [-0.25, -0.2) is 9.59 Å². The van der Waals surface area contributed by atoms with Crippen LogP contribution in [0.25, 0.3) is 10.9 Å². The SMILES string of the molecule is CCCC1(C(=O)O)OCCc2c1[nH]c1c(C)c(C(=O)O)cc(Br)c21. The van der Waals surface area contributed by atoms with Crippen molar-refractivity contribution in [2.45, 2.75) is 38.7 Å². The molecule has 0 bridgehead atoms. The molecule has 2 aromatic rings. The van der Waals surface area contributed by atoms with Crippen LogP contribution in [0.4, 0.5) is 0 Å². The van der Waals surface area contributed by atoms with Gasteiger partial charge in [-0.05, 0) is 37.0 Å². The van der Waals surface area contributed by atoms with Gasteiger partial charge in [0.15, 0.2) is 0 Å². The van der Waals surface area contributed by atoms with Gasteiger partial charge in [-0.3, -0.25) is 0 Å². The minimum absolute atomic E-state index is 0.185. The van der Waals surface area contributed by atoms with Crippen molar-refractivity contribution in [2.75, 3.05) is 6.61 Å². The maximum atomic E-state index is 12.0. The van der Waals surface area contributed by atoms with Crippen molar-refractivity contribution < 1.29 is 24.5 Å². The number of aromatic nitrogens is 1. The number of ether oxygens (including phenoxy) is 1. The van der Waals surface area contributed by atoms with Gasteiger partial charge in [0, 0.05) is 9.86 Å². The standard InChI is InChI=1S/C17H18BrNO5/c1-3-5-17(16(22)23)14-9(4-6-24-17)12-11(18)7-10(15(20)21)8(2)13(12)19-14/h7,19H,3-6H2,1-2H3,(H,20,21)(H,22,23). The van der Waals surface area contributed by atoms with Crippen molar-refractivity contribution in [2.24, 2.45) is 0 Å². The number of hydrogen-bond acceptors (Lipinski definition) is 3. The molecule has 0 saturated carbocycles. The Kier molecular flexibility index (Phi) is 4.17. The van der Waals surface area contributed by atoms with Crippen LogP contribution in [0.3, 0.4) is 0 Å². The molecule has 0 fully saturated rings. The van der Waals surface area contributed by atoms with Crippen LogP contribution in [0.5, 0.6) is 0 Å². The van der Waals surface area contributed by atoms with E-state index in [9.17, 15) is 19.8 Å². The third-order valence-electron chi connectivity index (χ3n) is 4.67. The average molecular weight is 396 g/mol. The van der Waals surface area contributed by atoms with Crippen molar-refractivity contribution in [1.82, 2.24) is 4.98 Å². The Bertz CT molecular complexity index is 857. The van der Waals surface area contributed by atoms with Crippen LogP contribution < -0.4 is 0 Å². The molecule has 0 amide bonds. The summed E-state index contributed by atoms with van der Waals surface area (Å²) in [6.07, 6.45) is 1.59. The highest BCUT2D eigenvalue weighted by Crippen LogP contribution is 2.43. The molecule has 0 aliphatic carbocycles. The summed E-state index contributed by atoms with van der Waals surface area (Å²) in [5, 5.41) is 20.0. The summed E-state index contributed by atoms with van der Waals surface area (Å²) in [4.78, 5) is 26.6. The number of aromatic amines is 1. The Hall–Kier alpha value is -1.86. The monoisotopic (exact) mass is 395 g/mol. The summed E-state index contributed by atoms with van der Waals surface area (Å²) >= 11 is 3.45. The van der Waals surface area contributed by atoms with Crippen LogP contribution in [-0.4, -0.2) is 33.7 Å². The Labute approximate surface area is 146 Å². The van der Waals surface area contributed by atoms with Gasteiger partial charge in [-0.1, -0.05) is 29.3 Å². The predicted octanol–water partition coefficient (Wildman–Crippen LogP) is 3.59. The van der Waals surface area contributed by atoms with E-state index in [0.29, 0.717) is 47.1 Å². The van der Waals surface area contributed by atoms with E-state index in [-0.39, 0.29) is 5.56 Å². The molecule has 24 heavy (non-hydrogen) atoms. The van der Waals surface area contributed by atoms with E-state index in [0.717, 1.165) is 10.9 Å². The fraction of sp³-hybridized carbons (Fsp3) is 0.412. The topological polar surface area (TPSA) is 99.6 Å². The lowest BCUT2D eigenvalue weighted by Gasteiger charge is -2.33. The average Bonchev–Trinajstić information content (AvgIpc) is 2.92. The van der Waals surface area contributed by atoms with Crippen LogP contribution in [-0.2, 0) is 21.6 Å². The minimum Gasteiger partial charge on any atom is -0.479 e. The second kappa shape index (κ2) is 5.89. The molecule has 1 aliphatic rings. The molecule has 1 atom stereocenters. The molecule has 1 unspecified atom stereocenters. The lowest BCUT2D eigenvalue weighted by atomic mass is 9.87. The quantitative estimate of drug-likeness (QED) is 0.734. The van der Waals surface area contributed by atoms with Crippen molar-refractivity contribution in [1.29, 1.82) is 0 Å². The first-order valence-corrected chi connectivity index (χ1v) is 8.57. The van der Waals surface area contributed by atoms with E-state index in [4.69, 9.17) is 4.74 Å². The van der Waals surface area contributed by atoms with E-state index < -0.39 is 17.5 Å². The van der Waals surface area contributed by atoms with Crippen molar-refractivity contribution in [3.8, 4) is 0 Å². The molecule has 1 aromatic carbocycles. The molecule has 6 nitrogen and oxygen atoms in total. The van der Waals surface area contributed by atoms with Crippen LogP contribution >= 0.6 is 15.9 Å². The fourth-order valence-electron chi connectivity index (χ4n) is 3.57. The number of carboxylic acid groups (broad SMARTS) is 2. The zero-order valence-corrected chi connectivity index (χ0v) is 15.0. The molecule has 128 valence electrons. The first-order valence-electron chi connectivity index (χ1n) is 7.78. The molecular weight excluding hydrogens is 378 g/mol. The van der Waals surface area contributed by atoms with Gasteiger partial charge >= 0.3 is 11.9 Å². The number of nitrogens with one attached hydrogen (secondary N) is 1. The van der Waals surface area contributed by atoms with Gasteiger partial charge in [-0.15, -0.1) is 0 Å². The zero-order chi connectivity index (χ0) is 17.6. The van der Waals surface area contributed by atoms with E-state index in [1.807, 2.05) is 6.92 Å². The number of fused-ring (bicyclic) bond motifs is 3. The second-order valence-electron chi connectivity index (χ2n) is 6.05. The van der Waals surface area contributed by atoms with E-state index in [1.54, 1.807) is 13.0 Å². The summed E-state index contributed by atoms with van der Waals surface area (Å²) in [6, 6.07) is 1.58. The van der Waals surface area contributed by atoms with Crippen molar-refractivity contribution in [3.63, 3.8) is 0 Å². The summed E-state index contributed by atoms with van der Waals surface area (Å²) in [5.41, 5.74) is 1.44. The number of carbonyl (C=O) groups is 2. The lowest BCUT2D eigenvalue weighted by molar-refractivity contribution is -0.171. The smallest absolute Gasteiger partial charge is 0.342 e. The molecule has 3 N–H and O–H groups in total. The first-order chi connectivity index (χ1) is 11.3. The number of H-pyrrole nitrogens is 1. The molecule has 7 heteroatoms. The molecule has 3 rings (SSSR count). The molecule has 2 heterocycles. The molecule has 1 aromatic heterocycles. The number of aryl methyl sites for hydroxylation is 1. The summed E-state index contributed by atoms with van der Waals surface area (Å²) < 4.78 is 6.37. The van der Waals surface area contributed by atoms with Gasteiger partial charge in [0.05, 0.1) is 23.4 Å². The highest BCUT2D eigenvalue weighted by molar-refractivity contribution is 9.10. The van der Waals surface area contributed by atoms with E-state index in [2.05, 4.69) is 20.9 Å². The first kappa shape index (κ1) is 17.0. The van der Waals surface area contributed by atoms with Gasteiger partial charge in [0.25, 0.3) is 0 Å². The molecule has 0 saturated heterocycles. The number of aromatic carboxylic acids is 1. The molecule has 1 aliphatic heterocycles. The highest BCUT2D eigenvalue weighted by Gasteiger charge is 2.46. The maximum absolute atomic E-state index is 12.0. The van der Waals surface area contributed by atoms with Crippen LogP contribution in [0.15, 0.2) is 10.5 Å². The van der Waals surface area contributed by atoms with E-state index in [1.165, 1.54) is 0 Å². The van der Waals surface area contributed by atoms with Crippen molar-refractivity contribution >= 4 is 38.8 Å². The number of rotatable bonds is 4. The van der Waals surface area contributed by atoms with Gasteiger partial charge in [-0.2, -0.15) is 0 Å². The number of halogens is 1. The predicted molar refractivity (Wildman–Crippen MR) is 91.6 cm³/mol. The third-order valence-corrected chi connectivity index (χ3v) is 5.30. The Balaban J connectivity index is 2.37. The molecule has 0 spiro atoms.